The van der Waals surface area contributed by atoms with Crippen LogP contribution in [-0.2, 0) is 0 Å². The highest BCUT2D eigenvalue weighted by molar-refractivity contribution is 5.94. The minimum Gasteiger partial charge on any atom is -0.450 e. The molecule has 86 valence electrons. The second-order valence-electron chi connectivity index (χ2n) is 3.40. The monoisotopic (exact) mass is 223 g/mol. The first kappa shape index (κ1) is 12.0. The third-order valence-electron chi connectivity index (χ3n) is 1.95. The van der Waals surface area contributed by atoms with E-state index in [4.69, 9.17) is 15.0 Å². The van der Waals surface area contributed by atoms with Crippen molar-refractivity contribution < 1.29 is 19.8 Å². The van der Waals surface area contributed by atoms with Crippen molar-refractivity contribution in [1.82, 2.24) is 5.32 Å². The fraction of sp³-hybridized carbons (Fsp3) is 0.273. The van der Waals surface area contributed by atoms with E-state index < -0.39 is 6.16 Å². The van der Waals surface area contributed by atoms with Crippen molar-refractivity contribution in [3.63, 3.8) is 0 Å². The van der Waals surface area contributed by atoms with Gasteiger partial charge in [0, 0.05) is 11.6 Å². The Kier molecular flexibility index (Phi) is 4.32. The summed E-state index contributed by atoms with van der Waals surface area (Å²) in [6.07, 6.45) is 0.442. The number of amides is 1. The summed E-state index contributed by atoms with van der Waals surface area (Å²) in [5.74, 6) is 0.0538. The van der Waals surface area contributed by atoms with Crippen molar-refractivity contribution in [3.8, 4) is 0 Å². The van der Waals surface area contributed by atoms with Gasteiger partial charge in [-0.1, -0.05) is 18.2 Å². The van der Waals surface area contributed by atoms with Crippen LogP contribution < -0.4 is 5.32 Å². The average molecular weight is 223 g/mol. The third kappa shape index (κ3) is 4.99. The summed E-state index contributed by atoms with van der Waals surface area (Å²) >= 11 is 0. The Morgan fingerprint density at radius 3 is 2.06 bits per heavy atom. The topological polar surface area (TPSA) is 86.6 Å². The number of carboxylic acid groups (broad SMARTS) is 2. The predicted molar refractivity (Wildman–Crippen MR) is 57.6 cm³/mol. The van der Waals surface area contributed by atoms with E-state index in [1.165, 1.54) is 0 Å². The number of carbonyl (C=O) groups excluding carboxylic acids is 1. The van der Waals surface area contributed by atoms with Gasteiger partial charge < -0.3 is 15.5 Å². The van der Waals surface area contributed by atoms with Gasteiger partial charge >= 0.3 is 6.16 Å². The second kappa shape index (κ2) is 5.75. The summed E-state index contributed by atoms with van der Waals surface area (Å²) in [5, 5.41) is 16.9. The van der Waals surface area contributed by atoms with Gasteiger partial charge in [0.2, 0.25) is 0 Å². The van der Waals surface area contributed by atoms with Crippen LogP contribution in [0.25, 0.3) is 0 Å². The molecule has 1 amide bonds. The van der Waals surface area contributed by atoms with Gasteiger partial charge in [-0.25, -0.2) is 4.79 Å². The first-order valence-corrected chi connectivity index (χ1v) is 4.87. The molecule has 1 aliphatic carbocycles. The molecule has 0 bridgehead atoms. The largest absolute Gasteiger partial charge is 0.503 e. The molecule has 5 nitrogen and oxygen atoms in total. The number of carbonyl (C=O) groups is 2. The smallest absolute Gasteiger partial charge is 0.450 e. The van der Waals surface area contributed by atoms with E-state index in [0.717, 1.165) is 18.4 Å². The van der Waals surface area contributed by atoms with Crippen LogP contribution >= 0.6 is 0 Å². The molecule has 1 fully saturated rings. The number of benzene rings is 1. The summed E-state index contributed by atoms with van der Waals surface area (Å²) in [6.45, 7) is 0. The third-order valence-corrected chi connectivity index (χ3v) is 1.95. The van der Waals surface area contributed by atoms with Crippen LogP contribution in [0.5, 0.6) is 0 Å². The van der Waals surface area contributed by atoms with Crippen LogP contribution in [0.3, 0.4) is 0 Å². The number of hydrogen-bond acceptors (Lipinski definition) is 2. The number of nitrogens with one attached hydrogen (secondary N) is 1. The summed E-state index contributed by atoms with van der Waals surface area (Å²) in [7, 11) is 0. The lowest BCUT2D eigenvalue weighted by Gasteiger charge is -2.01. The van der Waals surface area contributed by atoms with E-state index in [9.17, 15) is 4.79 Å². The van der Waals surface area contributed by atoms with E-state index in [2.05, 4.69) is 5.32 Å². The van der Waals surface area contributed by atoms with E-state index in [0.29, 0.717) is 6.04 Å². The molecular weight excluding hydrogens is 210 g/mol. The van der Waals surface area contributed by atoms with Gasteiger partial charge in [0.1, 0.15) is 0 Å². The molecule has 0 radical (unpaired) electrons. The van der Waals surface area contributed by atoms with Crippen molar-refractivity contribution in [3.05, 3.63) is 35.9 Å². The van der Waals surface area contributed by atoms with Gasteiger partial charge in [0.15, 0.2) is 0 Å². The molecule has 1 saturated carbocycles. The van der Waals surface area contributed by atoms with Crippen LogP contribution in [0.4, 0.5) is 4.79 Å². The molecule has 0 spiro atoms. The van der Waals surface area contributed by atoms with Crippen molar-refractivity contribution in [2.75, 3.05) is 0 Å². The molecule has 0 heterocycles. The Morgan fingerprint density at radius 1 is 1.12 bits per heavy atom. The van der Waals surface area contributed by atoms with E-state index in [1.54, 1.807) is 0 Å². The normalized spacial score (nSPS) is 13.2. The highest BCUT2D eigenvalue weighted by Crippen LogP contribution is 2.19. The minimum atomic E-state index is -1.83. The summed E-state index contributed by atoms with van der Waals surface area (Å²) in [6, 6.07) is 9.77. The van der Waals surface area contributed by atoms with Gasteiger partial charge in [-0.05, 0) is 25.0 Å². The van der Waals surface area contributed by atoms with Crippen molar-refractivity contribution in [2.24, 2.45) is 0 Å². The maximum Gasteiger partial charge on any atom is 0.503 e. The number of rotatable bonds is 2. The molecule has 5 heteroatoms. The number of hydrogen-bond donors (Lipinski definition) is 3. The zero-order valence-electron chi connectivity index (χ0n) is 8.59. The maximum absolute atomic E-state index is 11.4. The fourth-order valence-electron chi connectivity index (χ4n) is 1.09. The molecule has 1 aromatic rings. The molecule has 2 rings (SSSR count). The van der Waals surface area contributed by atoms with E-state index in [-0.39, 0.29) is 5.91 Å². The van der Waals surface area contributed by atoms with Crippen LogP contribution in [-0.4, -0.2) is 28.3 Å². The van der Waals surface area contributed by atoms with Crippen molar-refractivity contribution in [1.29, 1.82) is 0 Å². The lowest BCUT2D eigenvalue weighted by Crippen LogP contribution is -2.25. The summed E-state index contributed by atoms with van der Waals surface area (Å²) < 4.78 is 0. The van der Waals surface area contributed by atoms with Crippen LogP contribution in [0.15, 0.2) is 30.3 Å². The summed E-state index contributed by atoms with van der Waals surface area (Å²) in [4.78, 5) is 19.9. The second-order valence-corrected chi connectivity index (χ2v) is 3.40. The molecule has 0 saturated heterocycles. The maximum atomic E-state index is 11.4. The Bertz CT molecular complexity index is 356. The Morgan fingerprint density at radius 2 is 1.62 bits per heavy atom. The molecule has 1 aromatic carbocycles. The molecule has 16 heavy (non-hydrogen) atoms. The zero-order valence-corrected chi connectivity index (χ0v) is 8.59. The standard InChI is InChI=1S/C10H11NO.CH2O3/c12-10(11-9-6-7-9)8-4-2-1-3-5-8;2-1(3)4/h1-5,9H,6-7H2,(H,11,12);(H2,2,3,4). The van der Waals surface area contributed by atoms with Gasteiger partial charge in [-0.2, -0.15) is 0 Å². The fourth-order valence-corrected chi connectivity index (χ4v) is 1.09. The van der Waals surface area contributed by atoms with Gasteiger partial charge in [-0.3, -0.25) is 4.79 Å². The molecule has 3 N–H and O–H groups in total. The van der Waals surface area contributed by atoms with Crippen molar-refractivity contribution in [2.45, 2.75) is 18.9 Å². The Hall–Kier alpha value is -2.04. The predicted octanol–water partition coefficient (Wildman–Crippen LogP) is 1.80. The van der Waals surface area contributed by atoms with Gasteiger partial charge in [-0.15, -0.1) is 0 Å². The Balaban J connectivity index is 0.000000280. The van der Waals surface area contributed by atoms with Gasteiger partial charge in [0.05, 0.1) is 0 Å². The van der Waals surface area contributed by atoms with Crippen molar-refractivity contribution >= 4 is 12.1 Å². The Labute approximate surface area is 92.7 Å². The first-order valence-electron chi connectivity index (χ1n) is 4.87. The summed E-state index contributed by atoms with van der Waals surface area (Å²) in [5.41, 5.74) is 0.754. The van der Waals surface area contributed by atoms with Gasteiger partial charge in [0.25, 0.3) is 5.91 Å². The molecule has 1 aliphatic rings. The highest BCUT2D eigenvalue weighted by Gasteiger charge is 2.23. The van der Waals surface area contributed by atoms with E-state index in [1.807, 2.05) is 30.3 Å². The quantitative estimate of drug-likeness (QED) is 0.713. The SMILES string of the molecule is O=C(NC1CC1)c1ccccc1.O=C(O)O. The molecule has 0 unspecified atom stereocenters. The molecule has 0 aliphatic heterocycles. The first-order chi connectivity index (χ1) is 7.59. The van der Waals surface area contributed by atoms with Crippen LogP contribution in [0.1, 0.15) is 23.2 Å². The minimum absolute atomic E-state index is 0.0538. The van der Waals surface area contributed by atoms with Crippen LogP contribution in [0.2, 0.25) is 0 Å². The molecule has 0 atom stereocenters. The molecule has 0 aromatic heterocycles. The lowest BCUT2D eigenvalue weighted by molar-refractivity contribution is 0.0951. The zero-order chi connectivity index (χ0) is 12.0. The van der Waals surface area contributed by atoms with Crippen LogP contribution in [0, 0.1) is 0 Å². The molecular formula is C11H13NO4. The lowest BCUT2D eigenvalue weighted by atomic mass is 10.2. The van der Waals surface area contributed by atoms with E-state index >= 15 is 0 Å². The highest BCUT2D eigenvalue weighted by atomic mass is 16.6. The average Bonchev–Trinajstić information content (AvgIpc) is 3.02.